The summed E-state index contributed by atoms with van der Waals surface area (Å²) in [6.45, 7) is 1.82. The molecule has 148 valence electrons. The number of ether oxygens (including phenoxy) is 1. The summed E-state index contributed by atoms with van der Waals surface area (Å²) >= 11 is 0. The smallest absolute Gasteiger partial charge is 0.391 e. The second kappa shape index (κ2) is 10.1. The van der Waals surface area contributed by atoms with Crippen molar-refractivity contribution < 1.29 is 23.0 Å². The van der Waals surface area contributed by atoms with Gasteiger partial charge in [0.15, 0.2) is 5.96 Å². The zero-order valence-electron chi connectivity index (χ0n) is 14.6. The molecule has 2 rings (SSSR count). The van der Waals surface area contributed by atoms with E-state index in [1.807, 2.05) is 0 Å². The van der Waals surface area contributed by atoms with E-state index in [9.17, 15) is 18.3 Å². The van der Waals surface area contributed by atoms with Crippen LogP contribution in [0.25, 0.3) is 0 Å². The van der Waals surface area contributed by atoms with Crippen LogP contribution in [0.4, 0.5) is 13.2 Å². The predicted octanol–water partition coefficient (Wildman–Crippen LogP) is 2.68. The number of rotatable bonds is 4. The van der Waals surface area contributed by atoms with E-state index in [0.29, 0.717) is 38.6 Å². The summed E-state index contributed by atoms with van der Waals surface area (Å²) in [4.78, 5) is 4.12. The Morgan fingerprint density at radius 3 is 2.52 bits per heavy atom. The molecule has 0 aromatic carbocycles. The molecule has 0 spiro atoms. The first-order valence-corrected chi connectivity index (χ1v) is 8.61. The van der Waals surface area contributed by atoms with Gasteiger partial charge in [0.25, 0.3) is 0 Å². The van der Waals surface area contributed by atoms with Gasteiger partial charge in [-0.3, -0.25) is 4.99 Å². The molecule has 1 aliphatic heterocycles. The number of hydrogen-bond acceptors (Lipinski definition) is 3. The molecular weight excluding hydrogens is 450 g/mol. The normalized spacial score (nSPS) is 27.3. The zero-order chi connectivity index (χ0) is 17.6. The summed E-state index contributed by atoms with van der Waals surface area (Å²) in [7, 11) is 1.61. The van der Waals surface area contributed by atoms with Gasteiger partial charge < -0.3 is 20.5 Å². The van der Waals surface area contributed by atoms with Crippen molar-refractivity contribution >= 4 is 29.9 Å². The molecule has 9 heteroatoms. The average Bonchev–Trinajstić information content (AvgIpc) is 2.59. The van der Waals surface area contributed by atoms with Gasteiger partial charge in [-0.25, -0.2) is 0 Å². The minimum atomic E-state index is -4.12. The minimum Gasteiger partial charge on any atom is -0.396 e. The van der Waals surface area contributed by atoms with E-state index < -0.39 is 12.1 Å². The molecule has 2 fully saturated rings. The molecule has 0 radical (unpaired) electrons. The highest BCUT2D eigenvalue weighted by atomic mass is 127. The summed E-state index contributed by atoms with van der Waals surface area (Å²) in [5.41, 5.74) is -0.253. The fourth-order valence-electron chi connectivity index (χ4n) is 3.47. The van der Waals surface area contributed by atoms with E-state index >= 15 is 0 Å². The Morgan fingerprint density at radius 1 is 1.28 bits per heavy atom. The summed E-state index contributed by atoms with van der Waals surface area (Å²) in [5, 5.41) is 16.0. The van der Waals surface area contributed by atoms with Crippen LogP contribution in [0.2, 0.25) is 0 Å². The quantitative estimate of drug-likeness (QED) is 0.330. The summed E-state index contributed by atoms with van der Waals surface area (Å²) in [5.74, 6) is -0.733. The Balaban J connectivity index is 0.00000312. The van der Waals surface area contributed by atoms with Crippen molar-refractivity contribution in [3.63, 3.8) is 0 Å². The van der Waals surface area contributed by atoms with Crippen LogP contribution >= 0.6 is 24.0 Å². The first kappa shape index (κ1) is 22.8. The number of guanidine groups is 1. The Kier molecular flexibility index (Phi) is 9.24. The average molecular weight is 479 g/mol. The second-order valence-corrected chi connectivity index (χ2v) is 6.94. The summed E-state index contributed by atoms with van der Waals surface area (Å²) < 4.78 is 44.1. The van der Waals surface area contributed by atoms with Crippen molar-refractivity contribution in [3.8, 4) is 0 Å². The monoisotopic (exact) mass is 479 g/mol. The van der Waals surface area contributed by atoms with Gasteiger partial charge in [-0.1, -0.05) is 6.42 Å². The highest BCUT2D eigenvalue weighted by molar-refractivity contribution is 14.0. The number of nitrogens with one attached hydrogen (secondary N) is 2. The second-order valence-electron chi connectivity index (χ2n) is 6.94. The lowest BCUT2D eigenvalue weighted by molar-refractivity contribution is -0.183. The van der Waals surface area contributed by atoms with Crippen LogP contribution in [-0.2, 0) is 4.74 Å². The molecule has 0 aromatic rings. The summed E-state index contributed by atoms with van der Waals surface area (Å²) in [6, 6.07) is -0.226. The van der Waals surface area contributed by atoms with Gasteiger partial charge in [-0.05, 0) is 32.1 Å². The predicted molar refractivity (Wildman–Crippen MR) is 101 cm³/mol. The topological polar surface area (TPSA) is 65.9 Å². The first-order valence-electron chi connectivity index (χ1n) is 8.61. The van der Waals surface area contributed by atoms with E-state index in [1.165, 1.54) is 0 Å². The lowest BCUT2D eigenvalue weighted by Crippen LogP contribution is -2.51. The first-order chi connectivity index (χ1) is 11.4. The maximum absolute atomic E-state index is 12.9. The zero-order valence-corrected chi connectivity index (χ0v) is 16.9. The number of alkyl halides is 3. The molecule has 1 aliphatic carbocycles. The van der Waals surface area contributed by atoms with E-state index in [1.54, 1.807) is 7.05 Å². The highest BCUT2D eigenvalue weighted by Gasteiger charge is 2.42. The molecule has 1 saturated carbocycles. The van der Waals surface area contributed by atoms with Gasteiger partial charge in [0.05, 0.1) is 12.5 Å². The maximum Gasteiger partial charge on any atom is 0.391 e. The van der Waals surface area contributed by atoms with Crippen LogP contribution in [0, 0.1) is 11.3 Å². The molecule has 3 N–H and O–H groups in total. The van der Waals surface area contributed by atoms with E-state index in [4.69, 9.17) is 4.74 Å². The lowest BCUT2D eigenvalue weighted by atomic mass is 9.81. The Labute approximate surface area is 164 Å². The number of nitrogens with zero attached hydrogens (tertiary/aromatic N) is 1. The van der Waals surface area contributed by atoms with Crippen LogP contribution < -0.4 is 10.6 Å². The van der Waals surface area contributed by atoms with Crippen LogP contribution in [0.5, 0.6) is 0 Å². The third kappa shape index (κ3) is 6.74. The molecule has 5 nitrogen and oxygen atoms in total. The number of aliphatic hydroxyl groups is 1. The lowest BCUT2D eigenvalue weighted by Gasteiger charge is -2.37. The number of aliphatic hydroxyl groups excluding tert-OH is 1. The number of aliphatic imine (C=N–C) groups is 1. The van der Waals surface area contributed by atoms with E-state index in [2.05, 4.69) is 15.6 Å². The van der Waals surface area contributed by atoms with Crippen molar-refractivity contribution in [2.75, 3.05) is 33.4 Å². The Hall–Kier alpha value is -0.290. The van der Waals surface area contributed by atoms with Crippen molar-refractivity contribution in [1.82, 2.24) is 10.6 Å². The highest BCUT2D eigenvalue weighted by Crippen LogP contribution is 2.37. The standard InChI is InChI=1S/C16H28F3N3O2.HI/c1-20-14(21-10-15(11-23)5-7-24-8-6-15)22-13-4-2-3-12(9-13)16(17,18)19;/h12-13,23H,2-11H2,1H3,(H2,20,21,22);1H. The molecule has 25 heavy (non-hydrogen) atoms. The van der Waals surface area contributed by atoms with Crippen LogP contribution in [0.15, 0.2) is 4.99 Å². The minimum absolute atomic E-state index is 0. The molecule has 0 amide bonds. The van der Waals surface area contributed by atoms with Crippen LogP contribution in [-0.4, -0.2) is 56.7 Å². The Morgan fingerprint density at radius 2 is 1.96 bits per heavy atom. The molecule has 0 aromatic heterocycles. The van der Waals surface area contributed by atoms with Gasteiger partial charge >= 0.3 is 6.18 Å². The van der Waals surface area contributed by atoms with Gasteiger partial charge in [0.1, 0.15) is 0 Å². The van der Waals surface area contributed by atoms with Gasteiger partial charge in [0.2, 0.25) is 0 Å². The molecule has 1 heterocycles. The fraction of sp³-hybridized carbons (Fsp3) is 0.938. The van der Waals surface area contributed by atoms with E-state index in [-0.39, 0.29) is 54.9 Å². The SMILES string of the molecule is CN=C(NCC1(CO)CCOCC1)NC1CCCC(C(F)(F)F)C1.I. The van der Waals surface area contributed by atoms with Crippen molar-refractivity contribution in [1.29, 1.82) is 0 Å². The largest absolute Gasteiger partial charge is 0.396 e. The molecule has 2 atom stereocenters. The number of halogens is 4. The van der Waals surface area contributed by atoms with Crippen LogP contribution in [0.1, 0.15) is 38.5 Å². The van der Waals surface area contributed by atoms with E-state index in [0.717, 1.165) is 12.8 Å². The molecule has 2 unspecified atom stereocenters. The van der Waals surface area contributed by atoms with Crippen LogP contribution in [0.3, 0.4) is 0 Å². The third-order valence-electron chi connectivity index (χ3n) is 5.22. The van der Waals surface area contributed by atoms with Gasteiger partial charge in [-0.15, -0.1) is 24.0 Å². The third-order valence-corrected chi connectivity index (χ3v) is 5.22. The van der Waals surface area contributed by atoms with Gasteiger partial charge in [0, 0.05) is 38.3 Å². The molecular formula is C16H29F3IN3O2. The van der Waals surface area contributed by atoms with Gasteiger partial charge in [-0.2, -0.15) is 13.2 Å². The molecule has 1 saturated heterocycles. The number of hydrogen-bond donors (Lipinski definition) is 3. The van der Waals surface area contributed by atoms with Crippen molar-refractivity contribution in [2.24, 2.45) is 16.3 Å². The maximum atomic E-state index is 12.9. The molecule has 2 aliphatic rings. The van der Waals surface area contributed by atoms with Crippen molar-refractivity contribution in [2.45, 2.75) is 50.7 Å². The Bertz CT molecular complexity index is 429. The fourth-order valence-corrected chi connectivity index (χ4v) is 3.47. The van der Waals surface area contributed by atoms with Crippen molar-refractivity contribution in [3.05, 3.63) is 0 Å². The summed E-state index contributed by atoms with van der Waals surface area (Å²) in [6.07, 6.45) is -1.03. The molecule has 0 bridgehead atoms.